The van der Waals surface area contributed by atoms with Gasteiger partial charge in [0.25, 0.3) is 0 Å². The highest BCUT2D eigenvalue weighted by molar-refractivity contribution is 6.63. The van der Waals surface area contributed by atoms with E-state index in [-0.39, 0.29) is 11.2 Å². The minimum Gasteiger partial charge on any atom is -0.466 e. The van der Waals surface area contributed by atoms with Crippen molar-refractivity contribution in [2.75, 3.05) is 54.5 Å². The van der Waals surface area contributed by atoms with Crippen LogP contribution < -0.4 is 0 Å². The number of unbranched alkanes of at least 4 members (excludes halogenated alkanes) is 38. The molecular formula is C94H185ClN2O4. The molecule has 1 N–H and O–H groups in total. The predicted molar refractivity (Wildman–Crippen MR) is 457 cm³/mol. The Labute approximate surface area is 642 Å². The van der Waals surface area contributed by atoms with E-state index in [1.807, 2.05) is 0 Å². The molecule has 0 rings (SSSR count). The maximum Gasteiger partial charge on any atom is 0.305 e. The first-order valence-corrected chi connectivity index (χ1v) is 45.4. The normalized spacial score (nSPS) is 12.5. The van der Waals surface area contributed by atoms with Crippen molar-refractivity contribution in [3.05, 3.63) is 48.6 Å². The van der Waals surface area contributed by atoms with Gasteiger partial charge in [-0.05, 0) is 179 Å². The number of nitrogens with zero attached hydrogens (tertiary/aromatic N) is 2. The van der Waals surface area contributed by atoms with Crippen LogP contribution in [-0.4, -0.2) is 80.6 Å². The molecule has 0 aliphatic carbocycles. The van der Waals surface area contributed by atoms with Crippen LogP contribution in [-0.2, 0) is 14.3 Å². The smallest absolute Gasteiger partial charge is 0.305 e. The lowest BCUT2D eigenvalue weighted by molar-refractivity contribution is -0.144. The van der Waals surface area contributed by atoms with Crippen molar-refractivity contribution < 1.29 is 20.8 Å². The number of allylic oxidation sites excluding steroid dienone is 8. The number of hydrogen-bond acceptors (Lipinski definition) is 6. The first-order valence-electron chi connectivity index (χ1n) is 45.7. The molecule has 602 valence electrons. The molecule has 0 aliphatic heterocycles. The van der Waals surface area contributed by atoms with E-state index in [2.05, 4.69) is 128 Å². The van der Waals surface area contributed by atoms with Gasteiger partial charge in [0, 0.05) is 20.8 Å². The fourth-order valence-corrected chi connectivity index (χ4v) is 14.1. The first-order chi connectivity index (χ1) is 49.8. The van der Waals surface area contributed by atoms with Gasteiger partial charge in [-0.1, -0.05) is 399 Å². The Morgan fingerprint density at radius 3 is 0.861 bits per heavy atom. The first kappa shape index (κ1) is 103. The molecule has 0 radical (unpaired) electrons. The number of carbonyl (C=O) groups is 2. The van der Waals surface area contributed by atoms with Crippen LogP contribution in [0, 0.1) is 23.7 Å². The zero-order valence-electron chi connectivity index (χ0n) is 71.7. The summed E-state index contributed by atoms with van der Waals surface area (Å²) >= 11 is 5.41. The highest BCUT2D eigenvalue weighted by Crippen LogP contribution is 2.26. The molecule has 6 nitrogen and oxygen atoms in total. The summed E-state index contributed by atoms with van der Waals surface area (Å²) in [4.78, 5) is 27.8. The van der Waals surface area contributed by atoms with Crippen LogP contribution >= 0.6 is 11.6 Å². The third-order valence-corrected chi connectivity index (χ3v) is 21.0. The number of ether oxygens (including phenoxy) is 1. The van der Waals surface area contributed by atoms with Crippen LogP contribution in [0.5, 0.6) is 0 Å². The molecule has 0 spiro atoms. The van der Waals surface area contributed by atoms with Crippen LogP contribution in [0.3, 0.4) is 0 Å². The molecule has 0 saturated carbocycles. The molecule has 0 aliphatic rings. The monoisotopic (exact) mass is 1440 g/mol. The number of esters is 1. The summed E-state index contributed by atoms with van der Waals surface area (Å²) in [5.74, 6) is 3.36. The topological polar surface area (TPSA) is 70.1 Å². The van der Waals surface area contributed by atoms with Crippen LogP contribution in [0.4, 0.5) is 0 Å². The van der Waals surface area contributed by atoms with E-state index in [9.17, 15) is 9.59 Å². The number of aliphatic hydroxyl groups is 1. The molecule has 0 fully saturated rings. The summed E-state index contributed by atoms with van der Waals surface area (Å²) in [5, 5.41) is 8.77. The summed E-state index contributed by atoms with van der Waals surface area (Å²) in [7, 11) is 8.83. The highest BCUT2D eigenvalue weighted by atomic mass is 35.5. The second-order valence-electron chi connectivity index (χ2n) is 31.3. The Morgan fingerprint density at radius 2 is 0.574 bits per heavy atom. The van der Waals surface area contributed by atoms with E-state index in [1.165, 1.54) is 366 Å². The van der Waals surface area contributed by atoms with Crippen molar-refractivity contribution in [1.82, 2.24) is 9.80 Å². The molecule has 7 heteroatoms. The van der Waals surface area contributed by atoms with E-state index in [4.69, 9.17) is 22.8 Å². The van der Waals surface area contributed by atoms with Crippen molar-refractivity contribution in [3.63, 3.8) is 0 Å². The molecule has 0 amide bonds. The van der Waals surface area contributed by atoms with Crippen LogP contribution in [0.2, 0.25) is 0 Å². The van der Waals surface area contributed by atoms with Gasteiger partial charge < -0.3 is 19.6 Å². The average Bonchev–Trinajstić information content (AvgIpc) is 2.38. The average molecular weight is 1440 g/mol. The van der Waals surface area contributed by atoms with Crippen molar-refractivity contribution in [2.24, 2.45) is 23.7 Å². The maximum absolute atomic E-state index is 12.3. The van der Waals surface area contributed by atoms with Gasteiger partial charge in [-0.15, -0.1) is 0 Å². The summed E-state index contributed by atoms with van der Waals surface area (Å²) in [6.45, 7) is 19.3. The quantitative estimate of drug-likeness (QED) is 0.0283. The Balaban J connectivity index is -0.000000786. The molecule has 0 aromatic carbocycles. The van der Waals surface area contributed by atoms with Crippen LogP contribution in [0.1, 0.15) is 468 Å². The van der Waals surface area contributed by atoms with Gasteiger partial charge in [-0.2, -0.15) is 0 Å². The molecule has 0 aromatic heterocycles. The van der Waals surface area contributed by atoms with Gasteiger partial charge in [0.2, 0.25) is 5.24 Å². The largest absolute Gasteiger partial charge is 0.466 e. The molecule has 2 atom stereocenters. The molecule has 101 heavy (non-hydrogen) atoms. The Morgan fingerprint density at radius 1 is 0.337 bits per heavy atom. The van der Waals surface area contributed by atoms with Gasteiger partial charge >= 0.3 is 5.97 Å². The second-order valence-corrected chi connectivity index (χ2v) is 31.7. The lowest BCUT2D eigenvalue weighted by Crippen LogP contribution is -2.17. The summed E-state index contributed by atoms with van der Waals surface area (Å²) in [6, 6.07) is 0. The van der Waals surface area contributed by atoms with Crippen molar-refractivity contribution in [1.29, 1.82) is 0 Å². The van der Waals surface area contributed by atoms with E-state index in [0.717, 1.165) is 68.6 Å². The van der Waals surface area contributed by atoms with Crippen LogP contribution in [0.15, 0.2) is 48.6 Å². The summed E-state index contributed by atoms with van der Waals surface area (Å²) < 4.78 is 11.9. The zero-order chi connectivity index (χ0) is 75.8. The predicted octanol–water partition coefficient (Wildman–Crippen LogP) is 31.2. The Hall–Kier alpha value is -1.73. The van der Waals surface area contributed by atoms with Crippen molar-refractivity contribution in [2.45, 2.75) is 466 Å². The standard InChI is InChI=1S/C46H89NO2.C33H62ClNO.C13H28O.C2H6/c1-6-9-12-13-14-15-16-17-18-19-20-21-22-23-24-27-32-37-44(40-42-47(4)5)38-33-28-25-26-29-34-39-46(48)49-43-41-45(35-30-10-7-2)36-31-11-8-3;1-4-5-6-7-8-9-10-11-12-13-14-15-16-17-18-21-24-27-32(30-31-35(2)3)28-25-22-19-20-23-26-29-33(34)36;1-3-5-7-9-13(11-12-14)10-8-6-4-2;1-2/h14-15,17-18,44-45H,6-13,16,19-43H2,1-5H3;8-9,11-12,32H,4-7,10,13-31H2,1-3H3;13-14H,3-12H2,1-2H3;1-2H3/b15-14-,18-17-;9-8-,12-11-;;/i;;;1D. The van der Waals surface area contributed by atoms with E-state index >= 15 is 0 Å². The second kappa shape index (κ2) is 94.4. The fraction of sp³-hybridized carbons (Fsp3) is 0.894. The number of aliphatic hydroxyl groups excluding tert-OH is 1. The summed E-state index contributed by atoms with van der Waals surface area (Å²) in [6.07, 6.45) is 101. The van der Waals surface area contributed by atoms with Gasteiger partial charge in [-0.25, -0.2) is 0 Å². The summed E-state index contributed by atoms with van der Waals surface area (Å²) in [5.41, 5.74) is 0. The molecule has 0 saturated heterocycles. The maximum atomic E-state index is 12.3. The number of halogens is 1. The van der Waals surface area contributed by atoms with Crippen LogP contribution in [0.25, 0.3) is 0 Å². The third kappa shape index (κ3) is 96.3. The minimum atomic E-state index is -0.182. The van der Waals surface area contributed by atoms with Gasteiger partial charge in [0.05, 0.1) is 6.61 Å². The Bertz CT molecular complexity index is 1660. The number of rotatable bonds is 77. The van der Waals surface area contributed by atoms with Gasteiger partial charge in [-0.3, -0.25) is 9.59 Å². The highest BCUT2D eigenvalue weighted by Gasteiger charge is 2.14. The van der Waals surface area contributed by atoms with Crippen molar-refractivity contribution >= 4 is 22.8 Å². The van der Waals surface area contributed by atoms with Gasteiger partial charge in [0.1, 0.15) is 0 Å². The SMILES string of the molecule is CCCCC/C=C\C/C=C\CCCCCCCCCC(CCCCCCCCC(=O)Cl)CCN(C)C.CCCCC/C=C\C/C=C\CCCCCCCCCC(CCCCCCCCC(=O)OCCC(CCCCC)CCCCC)CCN(C)C.CCCCCC(CCO)CCCCC.[2H]CC. The molecule has 2 unspecified atom stereocenters. The zero-order valence-corrected chi connectivity index (χ0v) is 71.4. The van der Waals surface area contributed by atoms with Gasteiger partial charge in [0.15, 0.2) is 0 Å². The molecule has 0 heterocycles. The molecule has 0 bridgehead atoms. The van der Waals surface area contributed by atoms with E-state index in [1.54, 1.807) is 6.92 Å². The fourth-order valence-electron chi connectivity index (χ4n) is 13.9. The lowest BCUT2D eigenvalue weighted by atomic mass is 9.91. The number of hydrogen-bond donors (Lipinski definition) is 1. The minimum absolute atomic E-state index is 0.0319. The lowest BCUT2D eigenvalue weighted by Gasteiger charge is -2.19. The molecule has 0 aromatic rings. The third-order valence-electron chi connectivity index (χ3n) is 20.8. The van der Waals surface area contributed by atoms with Crippen molar-refractivity contribution in [3.8, 4) is 0 Å². The Kier molecular flexibility index (Phi) is 96.6. The number of carbonyl (C=O) groups excluding carboxylic acids is 2. The molecular weight excluding hydrogens is 1260 g/mol. The van der Waals surface area contributed by atoms with E-state index < -0.39 is 0 Å². The van der Waals surface area contributed by atoms with E-state index in [0.29, 0.717) is 33.0 Å².